The van der Waals surface area contributed by atoms with E-state index < -0.39 is 0 Å². The van der Waals surface area contributed by atoms with Crippen molar-refractivity contribution in [3.8, 4) is 11.5 Å². The molecule has 2 aromatic carbocycles. The van der Waals surface area contributed by atoms with Gasteiger partial charge in [0.25, 0.3) is 0 Å². The van der Waals surface area contributed by atoms with E-state index in [1.807, 2.05) is 24.3 Å². The van der Waals surface area contributed by atoms with Crippen LogP contribution in [0.2, 0.25) is 0 Å². The van der Waals surface area contributed by atoms with Gasteiger partial charge in [0.2, 0.25) is 0 Å². The first-order valence-electron chi connectivity index (χ1n) is 6.05. The lowest BCUT2D eigenvalue weighted by atomic mass is 10.2. The van der Waals surface area contributed by atoms with Crippen molar-refractivity contribution in [2.45, 2.75) is 0 Å². The molecule has 0 bridgehead atoms. The van der Waals surface area contributed by atoms with Gasteiger partial charge in [0.15, 0.2) is 0 Å². The topological polar surface area (TPSA) is 66.7 Å². The van der Waals surface area contributed by atoms with Crippen molar-refractivity contribution in [2.75, 3.05) is 0 Å². The number of rotatable bonds is 0. The average Bonchev–Trinajstić information content (AvgIpc) is 3.06. The molecule has 2 aromatic heterocycles. The second kappa shape index (κ2) is 5.01. The summed E-state index contributed by atoms with van der Waals surface area (Å²) in [6.07, 6.45) is 3.20. The molecule has 2 heterocycles. The lowest BCUT2D eigenvalue weighted by Gasteiger charge is -1.88. The number of phenols is 2. The Bertz CT molecular complexity index is 770. The van der Waals surface area contributed by atoms with Crippen LogP contribution in [0, 0.1) is 0 Å². The third-order valence-corrected chi connectivity index (χ3v) is 2.88. The molecule has 20 heavy (non-hydrogen) atoms. The minimum absolute atomic E-state index is 0.238. The van der Waals surface area contributed by atoms with Crippen LogP contribution in [0.15, 0.2) is 69.9 Å². The molecule has 0 aliphatic rings. The van der Waals surface area contributed by atoms with Crippen molar-refractivity contribution in [3.05, 3.63) is 61.1 Å². The summed E-state index contributed by atoms with van der Waals surface area (Å²) in [4.78, 5) is 0. The zero-order valence-electron chi connectivity index (χ0n) is 10.5. The summed E-state index contributed by atoms with van der Waals surface area (Å²) >= 11 is 0. The summed E-state index contributed by atoms with van der Waals surface area (Å²) in [5.41, 5.74) is 1.44. The normalized spacial score (nSPS) is 10.4. The van der Waals surface area contributed by atoms with E-state index in [-0.39, 0.29) is 11.5 Å². The van der Waals surface area contributed by atoms with E-state index in [9.17, 15) is 0 Å². The Labute approximate surface area is 114 Å². The fourth-order valence-electron chi connectivity index (χ4n) is 1.89. The van der Waals surface area contributed by atoms with Gasteiger partial charge in [0.1, 0.15) is 22.7 Å². The smallest absolute Gasteiger partial charge is 0.137 e. The summed E-state index contributed by atoms with van der Waals surface area (Å²) in [6.45, 7) is 0. The third kappa shape index (κ3) is 2.44. The highest BCUT2D eigenvalue weighted by Gasteiger charge is 1.96. The van der Waals surface area contributed by atoms with Crippen LogP contribution in [0.5, 0.6) is 11.5 Å². The molecule has 4 aromatic rings. The summed E-state index contributed by atoms with van der Waals surface area (Å²) in [5.74, 6) is 0.477. The molecule has 0 unspecified atom stereocenters. The first kappa shape index (κ1) is 12.2. The fourth-order valence-corrected chi connectivity index (χ4v) is 1.89. The van der Waals surface area contributed by atoms with Crippen molar-refractivity contribution in [2.24, 2.45) is 0 Å². The first-order chi connectivity index (χ1) is 9.72. The molecule has 0 radical (unpaired) electrons. The molecule has 4 nitrogen and oxygen atoms in total. The van der Waals surface area contributed by atoms with Crippen molar-refractivity contribution in [1.82, 2.24) is 0 Å². The number of furan rings is 2. The average molecular weight is 268 g/mol. The van der Waals surface area contributed by atoms with Crippen LogP contribution in [0.1, 0.15) is 0 Å². The van der Waals surface area contributed by atoms with Gasteiger partial charge >= 0.3 is 0 Å². The maximum Gasteiger partial charge on any atom is 0.137 e. The summed E-state index contributed by atoms with van der Waals surface area (Å²) in [5, 5.41) is 20.0. The Morgan fingerprint density at radius 1 is 0.600 bits per heavy atom. The van der Waals surface area contributed by atoms with Gasteiger partial charge in [-0.1, -0.05) is 0 Å². The maximum absolute atomic E-state index is 8.99. The van der Waals surface area contributed by atoms with E-state index in [2.05, 4.69) is 0 Å². The van der Waals surface area contributed by atoms with Crippen molar-refractivity contribution < 1.29 is 19.0 Å². The number of fused-ring (bicyclic) bond motifs is 2. The number of hydrogen-bond acceptors (Lipinski definition) is 4. The van der Waals surface area contributed by atoms with Gasteiger partial charge in [-0.3, -0.25) is 0 Å². The van der Waals surface area contributed by atoms with Crippen LogP contribution in [0.4, 0.5) is 0 Å². The SMILES string of the molecule is Oc1ccc2ccoc2c1.Oc1ccc2ccoc2c1. The van der Waals surface area contributed by atoms with Gasteiger partial charge in [-0.25, -0.2) is 0 Å². The van der Waals surface area contributed by atoms with Gasteiger partial charge < -0.3 is 19.0 Å². The number of benzene rings is 2. The standard InChI is InChI=1S/2C8H6O2/c2*9-7-2-1-6-3-4-10-8(6)5-7/h2*1-5,9H. The first-order valence-corrected chi connectivity index (χ1v) is 6.05. The van der Waals surface area contributed by atoms with Crippen molar-refractivity contribution in [1.29, 1.82) is 0 Å². The molecule has 4 rings (SSSR count). The van der Waals surface area contributed by atoms with Crippen molar-refractivity contribution >= 4 is 21.9 Å². The third-order valence-electron chi connectivity index (χ3n) is 2.88. The van der Waals surface area contributed by atoms with E-state index in [1.165, 1.54) is 0 Å². The van der Waals surface area contributed by atoms with Gasteiger partial charge in [-0.15, -0.1) is 0 Å². The molecular weight excluding hydrogens is 256 g/mol. The second-order valence-corrected chi connectivity index (χ2v) is 4.29. The largest absolute Gasteiger partial charge is 0.508 e. The lowest BCUT2D eigenvalue weighted by molar-refractivity contribution is 0.474. The molecule has 0 amide bonds. The fraction of sp³-hybridized carbons (Fsp3) is 0. The van der Waals surface area contributed by atoms with E-state index in [1.54, 1.807) is 36.8 Å². The summed E-state index contributed by atoms with van der Waals surface area (Å²) in [7, 11) is 0. The minimum Gasteiger partial charge on any atom is -0.508 e. The van der Waals surface area contributed by atoms with Crippen LogP contribution in [-0.4, -0.2) is 10.2 Å². The molecule has 0 atom stereocenters. The Balaban J connectivity index is 0.000000121. The molecule has 0 fully saturated rings. The Hall–Kier alpha value is -2.88. The molecule has 0 saturated carbocycles. The van der Waals surface area contributed by atoms with E-state index in [0.29, 0.717) is 0 Å². The highest BCUT2D eigenvalue weighted by molar-refractivity contribution is 5.78. The zero-order chi connectivity index (χ0) is 13.9. The molecule has 4 heteroatoms. The number of hydrogen-bond donors (Lipinski definition) is 2. The zero-order valence-corrected chi connectivity index (χ0v) is 10.5. The quantitative estimate of drug-likeness (QED) is 0.499. The Morgan fingerprint density at radius 3 is 1.50 bits per heavy atom. The molecule has 0 spiro atoms. The molecule has 2 N–H and O–H groups in total. The summed E-state index contributed by atoms with van der Waals surface area (Å²) < 4.78 is 10.1. The van der Waals surface area contributed by atoms with Gasteiger partial charge in [-0.05, 0) is 36.4 Å². The number of phenolic OH excluding ortho intramolecular Hbond substituents is 2. The van der Waals surface area contributed by atoms with Gasteiger partial charge in [0, 0.05) is 22.9 Å². The molecular formula is C16H12O4. The van der Waals surface area contributed by atoms with Crippen LogP contribution in [-0.2, 0) is 0 Å². The van der Waals surface area contributed by atoms with E-state index in [4.69, 9.17) is 19.0 Å². The van der Waals surface area contributed by atoms with Crippen LogP contribution in [0.25, 0.3) is 21.9 Å². The summed E-state index contributed by atoms with van der Waals surface area (Å²) in [6, 6.07) is 13.8. The van der Waals surface area contributed by atoms with Crippen molar-refractivity contribution in [3.63, 3.8) is 0 Å². The lowest BCUT2D eigenvalue weighted by Crippen LogP contribution is -1.62. The molecule has 100 valence electrons. The molecule has 0 aliphatic carbocycles. The highest BCUT2D eigenvalue weighted by Crippen LogP contribution is 2.20. The van der Waals surface area contributed by atoms with E-state index in [0.717, 1.165) is 21.9 Å². The predicted molar refractivity (Wildman–Crippen MR) is 75.8 cm³/mol. The van der Waals surface area contributed by atoms with Gasteiger partial charge in [0.05, 0.1) is 12.5 Å². The highest BCUT2D eigenvalue weighted by atomic mass is 16.3. The second-order valence-electron chi connectivity index (χ2n) is 4.29. The van der Waals surface area contributed by atoms with Crippen LogP contribution >= 0.6 is 0 Å². The molecule has 0 saturated heterocycles. The molecule has 0 aliphatic heterocycles. The number of aromatic hydroxyl groups is 2. The Morgan fingerprint density at radius 2 is 1.05 bits per heavy atom. The van der Waals surface area contributed by atoms with E-state index >= 15 is 0 Å². The Kier molecular flexibility index (Phi) is 3.05. The minimum atomic E-state index is 0.238. The van der Waals surface area contributed by atoms with Crippen LogP contribution in [0.3, 0.4) is 0 Å². The maximum atomic E-state index is 8.99. The monoisotopic (exact) mass is 268 g/mol. The van der Waals surface area contributed by atoms with Gasteiger partial charge in [-0.2, -0.15) is 0 Å². The predicted octanol–water partition coefficient (Wildman–Crippen LogP) is 4.28. The van der Waals surface area contributed by atoms with Crippen LogP contribution < -0.4 is 0 Å².